The van der Waals surface area contributed by atoms with Crippen LogP contribution in [0.4, 0.5) is 0 Å². The van der Waals surface area contributed by atoms with Crippen molar-refractivity contribution in [2.45, 2.75) is 37.0 Å². The van der Waals surface area contributed by atoms with Gasteiger partial charge in [0, 0.05) is 34.3 Å². The molecule has 0 N–H and O–H groups in total. The number of rotatable bonds is 1. The van der Waals surface area contributed by atoms with Gasteiger partial charge in [0.15, 0.2) is 0 Å². The van der Waals surface area contributed by atoms with E-state index in [4.69, 9.17) is 0 Å². The minimum Gasteiger partial charge on any atom is -0.332 e. The zero-order valence-corrected chi connectivity index (χ0v) is 13.1. The molecule has 1 aromatic heterocycles. The van der Waals surface area contributed by atoms with E-state index >= 15 is 0 Å². The average Bonchev–Trinajstić information content (AvgIpc) is 2.46. The van der Waals surface area contributed by atoms with Crippen molar-refractivity contribution in [3.63, 3.8) is 0 Å². The molecule has 1 aromatic rings. The Morgan fingerprint density at radius 2 is 2.26 bits per heavy atom. The fourth-order valence-electron chi connectivity index (χ4n) is 3.03. The van der Waals surface area contributed by atoms with Crippen LogP contribution in [0.3, 0.4) is 0 Å². The van der Waals surface area contributed by atoms with Crippen molar-refractivity contribution >= 4 is 33.6 Å². The van der Waals surface area contributed by atoms with Crippen LogP contribution in [-0.2, 0) is 0 Å². The van der Waals surface area contributed by atoms with Gasteiger partial charge in [0.05, 0.1) is 0 Å². The molecule has 0 bridgehead atoms. The van der Waals surface area contributed by atoms with Crippen LogP contribution in [0.1, 0.15) is 36.2 Å². The molecule has 1 saturated heterocycles. The highest BCUT2D eigenvalue weighted by atomic mass is 79.9. The van der Waals surface area contributed by atoms with Crippen LogP contribution in [0, 0.1) is 0 Å². The summed E-state index contributed by atoms with van der Waals surface area (Å²) in [5.74, 6) is 1.14. The second-order valence-corrected chi connectivity index (χ2v) is 7.29. The van der Waals surface area contributed by atoms with Crippen molar-refractivity contribution in [2.24, 2.45) is 0 Å². The van der Waals surface area contributed by atoms with Gasteiger partial charge in [-0.3, -0.25) is 4.79 Å². The van der Waals surface area contributed by atoms with Crippen LogP contribution >= 0.6 is 27.7 Å². The molecule has 1 aliphatic heterocycles. The quantitative estimate of drug-likeness (QED) is 0.785. The van der Waals surface area contributed by atoms with Gasteiger partial charge < -0.3 is 4.90 Å². The minimum absolute atomic E-state index is 0.0877. The summed E-state index contributed by atoms with van der Waals surface area (Å²) >= 11 is 5.48. The standard InChI is InChI=1S/C14H17BrN2OS/c15-10-4-3-7-16-13(10)14(18)17-8-9-19-12-6-2-1-5-11(12)17/h3-4,7,11-12H,1-2,5-6,8-9H2. The first-order valence-corrected chi connectivity index (χ1v) is 8.64. The van der Waals surface area contributed by atoms with Gasteiger partial charge in [-0.25, -0.2) is 4.98 Å². The predicted molar refractivity (Wildman–Crippen MR) is 81.5 cm³/mol. The van der Waals surface area contributed by atoms with Gasteiger partial charge in [-0.05, 0) is 40.9 Å². The summed E-state index contributed by atoms with van der Waals surface area (Å²) in [6.45, 7) is 0.855. The van der Waals surface area contributed by atoms with E-state index in [0.717, 1.165) is 23.2 Å². The monoisotopic (exact) mass is 340 g/mol. The highest BCUT2D eigenvalue weighted by Crippen LogP contribution is 2.36. The second kappa shape index (κ2) is 5.83. The molecule has 1 aliphatic carbocycles. The lowest BCUT2D eigenvalue weighted by molar-refractivity contribution is 0.0639. The molecular formula is C14H17BrN2OS. The van der Waals surface area contributed by atoms with Crippen molar-refractivity contribution in [1.82, 2.24) is 9.88 Å². The van der Waals surface area contributed by atoms with Gasteiger partial charge in [0.25, 0.3) is 5.91 Å². The summed E-state index contributed by atoms with van der Waals surface area (Å²) in [5.41, 5.74) is 0.554. The van der Waals surface area contributed by atoms with Crippen LogP contribution in [0.2, 0.25) is 0 Å². The number of fused-ring (bicyclic) bond motifs is 1. The van der Waals surface area contributed by atoms with Gasteiger partial charge in [-0.15, -0.1) is 0 Å². The van der Waals surface area contributed by atoms with Gasteiger partial charge in [-0.2, -0.15) is 11.8 Å². The van der Waals surface area contributed by atoms with Crippen LogP contribution in [0.5, 0.6) is 0 Å². The average molecular weight is 341 g/mol. The number of halogens is 1. The molecule has 0 aromatic carbocycles. The highest BCUT2D eigenvalue weighted by molar-refractivity contribution is 9.10. The van der Waals surface area contributed by atoms with Crippen LogP contribution in [0.25, 0.3) is 0 Å². The summed E-state index contributed by atoms with van der Waals surface area (Å²) in [6, 6.07) is 4.14. The van der Waals surface area contributed by atoms with E-state index in [2.05, 4.69) is 25.8 Å². The molecule has 0 spiro atoms. The molecule has 3 rings (SSSR count). The Hall–Kier alpha value is -0.550. The van der Waals surface area contributed by atoms with E-state index in [9.17, 15) is 4.79 Å². The lowest BCUT2D eigenvalue weighted by atomic mass is 9.93. The van der Waals surface area contributed by atoms with Crippen LogP contribution in [0.15, 0.2) is 22.8 Å². The molecule has 2 atom stereocenters. The summed E-state index contributed by atoms with van der Waals surface area (Å²) in [6.07, 6.45) is 6.64. The first kappa shape index (κ1) is 13.4. The maximum atomic E-state index is 12.7. The topological polar surface area (TPSA) is 33.2 Å². The van der Waals surface area contributed by atoms with Crippen molar-refractivity contribution in [3.8, 4) is 0 Å². The number of thioether (sulfide) groups is 1. The Kier molecular flexibility index (Phi) is 4.12. The first-order valence-electron chi connectivity index (χ1n) is 6.80. The van der Waals surface area contributed by atoms with Crippen molar-refractivity contribution in [3.05, 3.63) is 28.5 Å². The van der Waals surface area contributed by atoms with E-state index in [1.165, 1.54) is 19.3 Å². The molecule has 1 saturated carbocycles. The van der Waals surface area contributed by atoms with Gasteiger partial charge in [0.2, 0.25) is 0 Å². The first-order chi connectivity index (χ1) is 9.27. The fraction of sp³-hybridized carbons (Fsp3) is 0.571. The molecule has 2 fully saturated rings. The number of amides is 1. The Morgan fingerprint density at radius 3 is 3.11 bits per heavy atom. The lowest BCUT2D eigenvalue weighted by Crippen LogP contribution is -2.51. The van der Waals surface area contributed by atoms with Gasteiger partial charge >= 0.3 is 0 Å². The lowest BCUT2D eigenvalue weighted by Gasteiger charge is -2.43. The maximum absolute atomic E-state index is 12.7. The Balaban J connectivity index is 1.84. The van der Waals surface area contributed by atoms with Gasteiger partial charge in [-0.1, -0.05) is 12.8 Å². The molecule has 3 nitrogen and oxygen atoms in total. The SMILES string of the molecule is O=C(c1ncccc1Br)N1CCSC2CCCCC21. The summed E-state index contributed by atoms with van der Waals surface area (Å²) in [4.78, 5) is 19.0. The number of aromatic nitrogens is 1. The third-order valence-corrected chi connectivity index (χ3v) is 5.99. The third-order valence-electron chi connectivity index (χ3n) is 3.95. The smallest absolute Gasteiger partial charge is 0.273 e. The van der Waals surface area contributed by atoms with Gasteiger partial charge in [0.1, 0.15) is 5.69 Å². The van der Waals surface area contributed by atoms with E-state index in [-0.39, 0.29) is 5.91 Å². The largest absolute Gasteiger partial charge is 0.332 e. The molecule has 0 radical (unpaired) electrons. The van der Waals surface area contributed by atoms with E-state index in [1.54, 1.807) is 6.20 Å². The molecule has 2 unspecified atom stereocenters. The number of pyridine rings is 1. The Morgan fingerprint density at radius 1 is 1.42 bits per heavy atom. The predicted octanol–water partition coefficient (Wildman–Crippen LogP) is 3.34. The molecule has 2 aliphatic rings. The van der Waals surface area contributed by atoms with E-state index < -0.39 is 0 Å². The summed E-state index contributed by atoms with van der Waals surface area (Å²) in [7, 11) is 0. The Labute approximate surface area is 126 Å². The van der Waals surface area contributed by atoms with Crippen LogP contribution < -0.4 is 0 Å². The Bertz CT molecular complexity index is 480. The minimum atomic E-state index is 0.0877. The zero-order valence-electron chi connectivity index (χ0n) is 10.7. The van der Waals surface area contributed by atoms with Crippen molar-refractivity contribution in [1.29, 1.82) is 0 Å². The van der Waals surface area contributed by atoms with E-state index in [0.29, 0.717) is 17.0 Å². The summed E-state index contributed by atoms with van der Waals surface area (Å²) < 4.78 is 0.797. The zero-order chi connectivity index (χ0) is 13.2. The van der Waals surface area contributed by atoms with Crippen molar-refractivity contribution in [2.75, 3.05) is 12.3 Å². The number of hydrogen-bond donors (Lipinski definition) is 0. The highest BCUT2D eigenvalue weighted by Gasteiger charge is 2.37. The van der Waals surface area contributed by atoms with Crippen molar-refractivity contribution < 1.29 is 4.79 Å². The summed E-state index contributed by atoms with van der Waals surface area (Å²) in [5, 5.41) is 0.633. The van der Waals surface area contributed by atoms with Crippen LogP contribution in [-0.4, -0.2) is 39.4 Å². The maximum Gasteiger partial charge on any atom is 0.273 e. The molecular weight excluding hydrogens is 324 g/mol. The number of carbonyl (C=O) groups excluding carboxylic acids is 1. The molecule has 2 heterocycles. The molecule has 102 valence electrons. The number of hydrogen-bond acceptors (Lipinski definition) is 3. The normalized spacial score (nSPS) is 26.9. The third kappa shape index (κ3) is 2.68. The molecule has 19 heavy (non-hydrogen) atoms. The second-order valence-electron chi connectivity index (χ2n) is 5.09. The number of nitrogens with zero attached hydrogens (tertiary/aromatic N) is 2. The molecule has 1 amide bonds. The molecule has 5 heteroatoms. The fourth-order valence-corrected chi connectivity index (χ4v) is 4.90. The van der Waals surface area contributed by atoms with E-state index in [1.807, 2.05) is 23.9 Å². The number of carbonyl (C=O) groups is 1.